The summed E-state index contributed by atoms with van der Waals surface area (Å²) in [6.07, 6.45) is 1.08. The van der Waals surface area contributed by atoms with Gasteiger partial charge >= 0.3 is 5.97 Å². The fraction of sp³-hybridized carbons (Fsp3) is 0.562. The van der Waals surface area contributed by atoms with Crippen molar-refractivity contribution >= 4 is 11.7 Å². The first-order valence-corrected chi connectivity index (χ1v) is 7.07. The van der Waals surface area contributed by atoms with Crippen LogP contribution >= 0.6 is 0 Å². The van der Waals surface area contributed by atoms with E-state index in [1.165, 1.54) is 16.8 Å². The molecule has 4 heteroatoms. The third-order valence-corrected chi connectivity index (χ3v) is 3.92. The number of fused-ring (bicyclic) bond motifs is 1. The molecule has 20 heavy (non-hydrogen) atoms. The molecule has 1 aliphatic heterocycles. The number of carboxylic acids is 1. The van der Waals surface area contributed by atoms with Gasteiger partial charge in [-0.3, -0.25) is 9.69 Å². The highest BCUT2D eigenvalue weighted by molar-refractivity contribution is 5.69. The molecule has 0 aliphatic carbocycles. The molecule has 0 saturated heterocycles. The molecule has 2 rings (SSSR count). The number of anilines is 1. The standard InChI is InChI=1S/C16H24N2O2/c1-16(2,3)18(11-15(19)20)10-12-5-6-14-13(9-12)7-8-17(14)4/h5-6,9H,7-8,10-11H2,1-4H3,(H,19,20). The molecule has 1 aromatic rings. The van der Waals surface area contributed by atoms with Crippen LogP contribution in [0.3, 0.4) is 0 Å². The number of hydrogen-bond acceptors (Lipinski definition) is 3. The van der Waals surface area contributed by atoms with Gasteiger partial charge in [0.25, 0.3) is 0 Å². The summed E-state index contributed by atoms with van der Waals surface area (Å²) in [6.45, 7) is 7.97. The number of benzene rings is 1. The molecule has 1 aliphatic rings. The van der Waals surface area contributed by atoms with Crippen LogP contribution in [-0.4, -0.2) is 41.7 Å². The van der Waals surface area contributed by atoms with Gasteiger partial charge in [-0.2, -0.15) is 0 Å². The van der Waals surface area contributed by atoms with Gasteiger partial charge in [-0.05, 0) is 44.4 Å². The van der Waals surface area contributed by atoms with Gasteiger partial charge in [0.05, 0.1) is 6.54 Å². The minimum Gasteiger partial charge on any atom is -0.480 e. The van der Waals surface area contributed by atoms with Crippen molar-refractivity contribution in [3.63, 3.8) is 0 Å². The predicted molar refractivity (Wildman–Crippen MR) is 81.2 cm³/mol. The lowest BCUT2D eigenvalue weighted by Gasteiger charge is -2.34. The van der Waals surface area contributed by atoms with Gasteiger partial charge in [0.2, 0.25) is 0 Å². The van der Waals surface area contributed by atoms with E-state index in [4.69, 9.17) is 5.11 Å². The summed E-state index contributed by atoms with van der Waals surface area (Å²) < 4.78 is 0. The molecule has 0 bridgehead atoms. The highest BCUT2D eigenvalue weighted by Gasteiger charge is 2.24. The molecule has 0 atom stereocenters. The molecule has 0 radical (unpaired) electrons. The lowest BCUT2D eigenvalue weighted by Crippen LogP contribution is -2.43. The van der Waals surface area contributed by atoms with Crippen LogP contribution < -0.4 is 4.90 Å². The molecular weight excluding hydrogens is 252 g/mol. The summed E-state index contributed by atoms with van der Waals surface area (Å²) in [6, 6.07) is 6.49. The van der Waals surface area contributed by atoms with Crippen molar-refractivity contribution in [2.75, 3.05) is 25.0 Å². The van der Waals surface area contributed by atoms with E-state index in [1.54, 1.807) is 0 Å². The molecule has 4 nitrogen and oxygen atoms in total. The average Bonchev–Trinajstić information content (AvgIpc) is 2.68. The number of carbonyl (C=O) groups is 1. The minimum absolute atomic E-state index is 0.0699. The van der Waals surface area contributed by atoms with Crippen LogP contribution in [0.4, 0.5) is 5.69 Å². The summed E-state index contributed by atoms with van der Waals surface area (Å²) in [7, 11) is 2.11. The van der Waals surface area contributed by atoms with Crippen molar-refractivity contribution in [2.24, 2.45) is 0 Å². The molecule has 0 spiro atoms. The lowest BCUT2D eigenvalue weighted by atomic mass is 10.0. The van der Waals surface area contributed by atoms with Crippen LogP contribution in [0.15, 0.2) is 18.2 Å². The van der Waals surface area contributed by atoms with E-state index >= 15 is 0 Å². The Labute approximate surface area is 121 Å². The van der Waals surface area contributed by atoms with Gasteiger partial charge in [-0.15, -0.1) is 0 Å². The Hall–Kier alpha value is -1.55. The van der Waals surface area contributed by atoms with Crippen LogP contribution in [0.2, 0.25) is 0 Å². The zero-order valence-corrected chi connectivity index (χ0v) is 12.8. The van der Waals surface area contributed by atoms with Crippen LogP contribution in [0.25, 0.3) is 0 Å². The SMILES string of the molecule is CN1CCc2cc(CN(CC(=O)O)C(C)(C)C)ccc21. The third-order valence-electron chi connectivity index (χ3n) is 3.92. The van der Waals surface area contributed by atoms with Crippen molar-refractivity contribution in [3.8, 4) is 0 Å². The van der Waals surface area contributed by atoms with Crippen molar-refractivity contribution in [1.82, 2.24) is 4.90 Å². The number of nitrogens with zero attached hydrogens (tertiary/aromatic N) is 2. The second-order valence-electron chi connectivity index (χ2n) is 6.56. The number of likely N-dealkylation sites (N-methyl/N-ethyl adjacent to an activating group) is 1. The molecule has 0 unspecified atom stereocenters. The van der Waals surface area contributed by atoms with Crippen LogP contribution in [0.1, 0.15) is 31.9 Å². The van der Waals surface area contributed by atoms with Crippen molar-refractivity contribution in [3.05, 3.63) is 29.3 Å². The van der Waals surface area contributed by atoms with E-state index in [9.17, 15) is 4.79 Å². The molecule has 0 saturated carbocycles. The predicted octanol–water partition coefficient (Wildman–Crippen LogP) is 2.36. The van der Waals surface area contributed by atoms with E-state index < -0.39 is 5.97 Å². The Bertz CT molecular complexity index is 506. The summed E-state index contributed by atoms with van der Waals surface area (Å²) in [5, 5.41) is 9.07. The Morgan fingerprint density at radius 1 is 1.40 bits per heavy atom. The normalized spacial score (nSPS) is 14.8. The van der Waals surface area contributed by atoms with E-state index in [-0.39, 0.29) is 12.1 Å². The zero-order valence-electron chi connectivity index (χ0n) is 12.8. The molecule has 0 fully saturated rings. The first-order valence-electron chi connectivity index (χ1n) is 7.07. The van der Waals surface area contributed by atoms with Crippen LogP contribution in [0.5, 0.6) is 0 Å². The molecular formula is C16H24N2O2. The monoisotopic (exact) mass is 276 g/mol. The fourth-order valence-corrected chi connectivity index (χ4v) is 2.63. The number of carboxylic acid groups (broad SMARTS) is 1. The lowest BCUT2D eigenvalue weighted by molar-refractivity contribution is -0.139. The third kappa shape index (κ3) is 3.31. The summed E-state index contributed by atoms with van der Waals surface area (Å²) >= 11 is 0. The molecule has 1 aromatic carbocycles. The largest absolute Gasteiger partial charge is 0.480 e. The van der Waals surface area contributed by atoms with E-state index in [0.29, 0.717) is 6.54 Å². The van der Waals surface area contributed by atoms with Gasteiger partial charge in [0.1, 0.15) is 0 Å². The second-order valence-corrected chi connectivity index (χ2v) is 6.56. The topological polar surface area (TPSA) is 43.8 Å². The average molecular weight is 276 g/mol. The van der Waals surface area contributed by atoms with Gasteiger partial charge < -0.3 is 10.0 Å². The quantitative estimate of drug-likeness (QED) is 0.917. The Morgan fingerprint density at radius 3 is 2.70 bits per heavy atom. The summed E-state index contributed by atoms with van der Waals surface area (Å²) in [5.74, 6) is -0.777. The summed E-state index contributed by atoms with van der Waals surface area (Å²) in [4.78, 5) is 15.3. The summed E-state index contributed by atoms with van der Waals surface area (Å²) in [5.41, 5.74) is 3.70. The van der Waals surface area contributed by atoms with E-state index in [2.05, 4.69) is 50.9 Å². The highest BCUT2D eigenvalue weighted by Crippen LogP contribution is 2.28. The van der Waals surface area contributed by atoms with Crippen LogP contribution in [-0.2, 0) is 17.8 Å². The zero-order chi connectivity index (χ0) is 14.9. The maximum absolute atomic E-state index is 11.0. The van der Waals surface area contributed by atoms with Gasteiger partial charge in [-0.1, -0.05) is 12.1 Å². The number of rotatable bonds is 4. The number of aliphatic carboxylic acids is 1. The Kier molecular flexibility index (Phi) is 4.04. The fourth-order valence-electron chi connectivity index (χ4n) is 2.63. The molecule has 1 heterocycles. The van der Waals surface area contributed by atoms with Crippen molar-refractivity contribution in [1.29, 1.82) is 0 Å². The van der Waals surface area contributed by atoms with Gasteiger partial charge in [0.15, 0.2) is 0 Å². The second kappa shape index (κ2) is 5.44. The first kappa shape index (κ1) is 14.9. The van der Waals surface area contributed by atoms with Crippen molar-refractivity contribution < 1.29 is 9.90 Å². The Morgan fingerprint density at radius 2 is 2.10 bits per heavy atom. The Balaban J connectivity index is 2.17. The molecule has 1 N–H and O–H groups in total. The van der Waals surface area contributed by atoms with Crippen LogP contribution in [0, 0.1) is 0 Å². The van der Waals surface area contributed by atoms with Gasteiger partial charge in [-0.25, -0.2) is 0 Å². The maximum Gasteiger partial charge on any atom is 0.317 e. The minimum atomic E-state index is -0.777. The highest BCUT2D eigenvalue weighted by atomic mass is 16.4. The number of hydrogen-bond donors (Lipinski definition) is 1. The van der Waals surface area contributed by atoms with Gasteiger partial charge in [0, 0.05) is 31.4 Å². The molecule has 110 valence electrons. The maximum atomic E-state index is 11.0. The first-order chi connectivity index (χ1) is 9.27. The van der Waals surface area contributed by atoms with Crippen molar-refractivity contribution in [2.45, 2.75) is 39.3 Å². The molecule has 0 aromatic heterocycles. The smallest absolute Gasteiger partial charge is 0.317 e. The van der Waals surface area contributed by atoms with E-state index in [1.807, 2.05) is 4.90 Å². The molecule has 0 amide bonds. The van der Waals surface area contributed by atoms with E-state index in [0.717, 1.165) is 13.0 Å².